The highest BCUT2D eigenvalue weighted by Gasteiger charge is 2.25. The summed E-state index contributed by atoms with van der Waals surface area (Å²) < 4.78 is 1.50. The van der Waals surface area contributed by atoms with Crippen molar-refractivity contribution in [2.45, 2.75) is 25.0 Å². The summed E-state index contributed by atoms with van der Waals surface area (Å²) in [4.78, 5) is 0. The first-order valence-corrected chi connectivity index (χ1v) is 5.60. The number of allylic oxidation sites excluding steroid dienone is 1. The molecular formula is C8H13NS2. The Labute approximate surface area is 76.5 Å². The molecule has 1 aliphatic heterocycles. The van der Waals surface area contributed by atoms with E-state index in [9.17, 15) is 0 Å². The van der Waals surface area contributed by atoms with Crippen LogP contribution in [0.3, 0.4) is 0 Å². The molecule has 1 N–H and O–H groups in total. The van der Waals surface area contributed by atoms with E-state index in [0.29, 0.717) is 0 Å². The van der Waals surface area contributed by atoms with Crippen molar-refractivity contribution in [2.75, 3.05) is 6.26 Å². The summed E-state index contributed by atoms with van der Waals surface area (Å²) in [5, 5.41) is 7.57. The van der Waals surface area contributed by atoms with Crippen LogP contribution in [0.2, 0.25) is 0 Å². The first-order chi connectivity index (χ1) is 5.03. The SMILES string of the molecule is CSC1=CC(=N)CC(C)(C)S1. The molecule has 0 saturated heterocycles. The molecule has 3 heteroatoms. The molecule has 0 saturated carbocycles. The lowest BCUT2D eigenvalue weighted by Crippen LogP contribution is -2.22. The fraction of sp³-hybridized carbons (Fsp3) is 0.625. The molecule has 1 nitrogen and oxygen atoms in total. The molecule has 1 rings (SSSR count). The van der Waals surface area contributed by atoms with Crippen LogP contribution in [0, 0.1) is 5.41 Å². The molecule has 0 aromatic rings. The first kappa shape index (κ1) is 9.20. The second kappa shape index (κ2) is 3.23. The highest BCUT2D eigenvalue weighted by molar-refractivity contribution is 8.22. The molecule has 11 heavy (non-hydrogen) atoms. The van der Waals surface area contributed by atoms with Gasteiger partial charge >= 0.3 is 0 Å². The third-order valence-corrected chi connectivity index (χ3v) is 3.77. The summed E-state index contributed by atoms with van der Waals surface area (Å²) in [5.41, 5.74) is 0.762. The van der Waals surface area contributed by atoms with E-state index in [4.69, 9.17) is 5.41 Å². The Kier molecular flexibility index (Phi) is 2.70. The zero-order valence-corrected chi connectivity index (χ0v) is 8.73. The van der Waals surface area contributed by atoms with Gasteiger partial charge in [0.15, 0.2) is 0 Å². The number of hydrogen-bond acceptors (Lipinski definition) is 3. The average Bonchev–Trinajstić information content (AvgIpc) is 1.83. The van der Waals surface area contributed by atoms with Crippen molar-refractivity contribution in [1.29, 1.82) is 5.41 Å². The summed E-state index contributed by atoms with van der Waals surface area (Å²) in [7, 11) is 0. The van der Waals surface area contributed by atoms with Gasteiger partial charge in [0.2, 0.25) is 0 Å². The van der Waals surface area contributed by atoms with E-state index in [1.807, 2.05) is 17.8 Å². The Hall–Kier alpha value is 0.110. The van der Waals surface area contributed by atoms with E-state index in [1.165, 1.54) is 4.24 Å². The lowest BCUT2D eigenvalue weighted by molar-refractivity contribution is 0.747. The number of thioether (sulfide) groups is 2. The predicted octanol–water partition coefficient (Wildman–Crippen LogP) is 3.13. The summed E-state index contributed by atoms with van der Waals surface area (Å²) in [6.07, 6.45) is 4.93. The molecule has 0 atom stereocenters. The van der Waals surface area contributed by atoms with Crippen molar-refractivity contribution in [2.24, 2.45) is 0 Å². The highest BCUT2D eigenvalue weighted by Crippen LogP contribution is 2.42. The van der Waals surface area contributed by atoms with Crippen molar-refractivity contribution in [1.82, 2.24) is 0 Å². The zero-order chi connectivity index (χ0) is 8.48. The standard InChI is InChI=1S/C8H13NS2/c1-8(2)5-6(9)4-7(10-3)11-8/h4,9H,5H2,1-3H3. The molecule has 0 aromatic carbocycles. The Balaban J connectivity index is 2.78. The van der Waals surface area contributed by atoms with Gasteiger partial charge in [0.25, 0.3) is 0 Å². The maximum atomic E-state index is 7.57. The van der Waals surface area contributed by atoms with Crippen LogP contribution in [0.1, 0.15) is 20.3 Å². The Morgan fingerprint density at radius 2 is 2.27 bits per heavy atom. The number of hydrogen-bond donors (Lipinski definition) is 1. The maximum Gasteiger partial charge on any atom is 0.0421 e. The normalized spacial score (nSPS) is 23.2. The third kappa shape index (κ3) is 2.56. The van der Waals surface area contributed by atoms with Gasteiger partial charge in [0.1, 0.15) is 0 Å². The van der Waals surface area contributed by atoms with Crippen LogP contribution in [-0.4, -0.2) is 16.7 Å². The molecule has 0 fully saturated rings. The fourth-order valence-electron chi connectivity index (χ4n) is 1.09. The van der Waals surface area contributed by atoms with Gasteiger partial charge in [-0.1, -0.05) is 0 Å². The molecule has 1 aliphatic rings. The molecule has 0 aliphatic carbocycles. The number of rotatable bonds is 1. The van der Waals surface area contributed by atoms with Gasteiger partial charge in [-0.15, -0.1) is 23.5 Å². The van der Waals surface area contributed by atoms with Gasteiger partial charge in [-0.05, 0) is 26.2 Å². The second-order valence-corrected chi connectivity index (χ2v) is 6.09. The largest absolute Gasteiger partial charge is 0.305 e. The fourth-order valence-corrected chi connectivity index (χ4v) is 3.33. The maximum absolute atomic E-state index is 7.57. The second-order valence-electron chi connectivity index (χ2n) is 3.23. The Morgan fingerprint density at radius 1 is 1.64 bits per heavy atom. The van der Waals surface area contributed by atoms with Gasteiger partial charge in [0, 0.05) is 21.1 Å². The van der Waals surface area contributed by atoms with Crippen LogP contribution in [0.15, 0.2) is 10.3 Å². The minimum Gasteiger partial charge on any atom is -0.305 e. The van der Waals surface area contributed by atoms with Crippen molar-refractivity contribution in [3.63, 3.8) is 0 Å². The monoisotopic (exact) mass is 187 g/mol. The molecule has 0 aromatic heterocycles. The van der Waals surface area contributed by atoms with E-state index in [2.05, 4.69) is 20.1 Å². The van der Waals surface area contributed by atoms with E-state index >= 15 is 0 Å². The van der Waals surface area contributed by atoms with Crippen LogP contribution >= 0.6 is 23.5 Å². The molecule has 0 radical (unpaired) electrons. The van der Waals surface area contributed by atoms with Crippen LogP contribution in [0.4, 0.5) is 0 Å². The third-order valence-electron chi connectivity index (χ3n) is 1.49. The predicted molar refractivity (Wildman–Crippen MR) is 55.6 cm³/mol. The van der Waals surface area contributed by atoms with E-state index in [1.54, 1.807) is 11.8 Å². The van der Waals surface area contributed by atoms with E-state index < -0.39 is 0 Å². The van der Waals surface area contributed by atoms with Crippen molar-refractivity contribution < 1.29 is 0 Å². The topological polar surface area (TPSA) is 23.9 Å². The lowest BCUT2D eigenvalue weighted by Gasteiger charge is -2.28. The summed E-state index contributed by atoms with van der Waals surface area (Å²) in [6, 6.07) is 0. The summed E-state index contributed by atoms with van der Waals surface area (Å²) >= 11 is 3.61. The Bertz CT molecular complexity index is 206. The minimum absolute atomic E-state index is 0.226. The Morgan fingerprint density at radius 3 is 2.73 bits per heavy atom. The minimum atomic E-state index is 0.226. The smallest absolute Gasteiger partial charge is 0.0421 e. The van der Waals surface area contributed by atoms with Crippen molar-refractivity contribution in [3.8, 4) is 0 Å². The van der Waals surface area contributed by atoms with Gasteiger partial charge in [0.05, 0.1) is 0 Å². The molecule has 0 unspecified atom stereocenters. The van der Waals surface area contributed by atoms with Gasteiger partial charge in [-0.25, -0.2) is 0 Å². The molecule has 1 heterocycles. The van der Waals surface area contributed by atoms with Crippen LogP contribution in [-0.2, 0) is 0 Å². The van der Waals surface area contributed by atoms with Gasteiger partial charge < -0.3 is 5.41 Å². The van der Waals surface area contributed by atoms with E-state index in [-0.39, 0.29) is 4.75 Å². The lowest BCUT2D eigenvalue weighted by atomic mass is 10.1. The zero-order valence-electron chi connectivity index (χ0n) is 7.10. The quantitative estimate of drug-likeness (QED) is 0.682. The molecule has 0 spiro atoms. The van der Waals surface area contributed by atoms with Crippen molar-refractivity contribution in [3.05, 3.63) is 10.3 Å². The summed E-state index contributed by atoms with van der Waals surface area (Å²) in [5.74, 6) is 0. The first-order valence-electron chi connectivity index (χ1n) is 3.56. The average molecular weight is 187 g/mol. The molecule has 0 bridgehead atoms. The summed E-state index contributed by atoms with van der Waals surface area (Å²) in [6.45, 7) is 4.38. The van der Waals surface area contributed by atoms with Crippen LogP contribution < -0.4 is 0 Å². The number of nitrogens with one attached hydrogen (secondary N) is 1. The molecule has 0 amide bonds. The van der Waals surface area contributed by atoms with Crippen LogP contribution in [0.5, 0.6) is 0 Å². The van der Waals surface area contributed by atoms with Gasteiger partial charge in [-0.3, -0.25) is 0 Å². The van der Waals surface area contributed by atoms with Crippen molar-refractivity contribution >= 4 is 29.2 Å². The molecular weight excluding hydrogens is 174 g/mol. The molecule has 62 valence electrons. The van der Waals surface area contributed by atoms with Crippen LogP contribution in [0.25, 0.3) is 0 Å². The van der Waals surface area contributed by atoms with Gasteiger partial charge in [-0.2, -0.15) is 0 Å². The highest BCUT2D eigenvalue weighted by atomic mass is 32.2. The van der Waals surface area contributed by atoms with E-state index in [0.717, 1.165) is 12.1 Å².